The highest BCUT2D eigenvalue weighted by atomic mass is 79.9. The molecule has 0 spiro atoms. The third-order valence-corrected chi connectivity index (χ3v) is 4.49. The zero-order valence-electron chi connectivity index (χ0n) is 6.79. The molecule has 0 aliphatic carbocycles. The van der Waals surface area contributed by atoms with E-state index < -0.39 is 0 Å². The van der Waals surface area contributed by atoms with Gasteiger partial charge in [0.05, 0.1) is 0 Å². The first-order chi connectivity index (χ1) is 4.68. The number of hydrogen-bond donors (Lipinski definition) is 0. The summed E-state index contributed by atoms with van der Waals surface area (Å²) in [4.78, 5) is 0. The summed E-state index contributed by atoms with van der Waals surface area (Å²) >= 11 is 7.06. The minimum absolute atomic E-state index is 0.468. The van der Waals surface area contributed by atoms with Gasteiger partial charge in [-0.1, -0.05) is 58.5 Å². The number of hydrogen-bond acceptors (Lipinski definition) is 0. The largest absolute Gasteiger partial charge is 0.0922 e. The van der Waals surface area contributed by atoms with Gasteiger partial charge in [0, 0.05) is 10.7 Å². The lowest BCUT2D eigenvalue weighted by Gasteiger charge is -2.23. The van der Waals surface area contributed by atoms with Crippen molar-refractivity contribution in [3.8, 4) is 0 Å². The highest BCUT2D eigenvalue weighted by Gasteiger charge is 2.19. The zero-order chi connectivity index (χ0) is 8.04. The van der Waals surface area contributed by atoms with Gasteiger partial charge in [-0.3, -0.25) is 0 Å². The van der Waals surface area contributed by atoms with Gasteiger partial charge in [0.1, 0.15) is 0 Å². The third kappa shape index (κ3) is 3.97. The summed E-state index contributed by atoms with van der Waals surface area (Å²) in [6.45, 7) is 4.55. The average Bonchev–Trinajstić information content (AvgIpc) is 2.00. The van der Waals surface area contributed by atoms with E-state index in [0.717, 1.165) is 10.7 Å². The van der Waals surface area contributed by atoms with Crippen molar-refractivity contribution < 1.29 is 0 Å². The molecule has 0 nitrogen and oxygen atoms in total. The topological polar surface area (TPSA) is 0 Å². The summed E-state index contributed by atoms with van der Waals surface area (Å²) in [6, 6.07) is 0. The third-order valence-electron chi connectivity index (χ3n) is 1.78. The Hall–Kier alpha value is 0.960. The molecule has 0 fully saturated rings. The molecule has 0 atom stereocenters. The van der Waals surface area contributed by atoms with Gasteiger partial charge in [-0.05, 0) is 11.8 Å². The Morgan fingerprint density at radius 2 is 1.70 bits per heavy atom. The molecule has 0 heterocycles. The van der Waals surface area contributed by atoms with E-state index in [1.165, 1.54) is 19.3 Å². The Kier molecular flexibility index (Phi) is 6.13. The lowest BCUT2D eigenvalue weighted by molar-refractivity contribution is 0.387. The van der Waals surface area contributed by atoms with Gasteiger partial charge in [0.15, 0.2) is 0 Å². The predicted molar refractivity (Wildman–Crippen MR) is 55.2 cm³/mol. The molecule has 0 saturated carbocycles. The van der Waals surface area contributed by atoms with E-state index in [1.807, 2.05) is 0 Å². The SMILES string of the molecule is CCCCC(C)(CBr)CBr. The maximum absolute atomic E-state index is 3.53. The average molecular weight is 272 g/mol. The number of unbranched alkanes of at least 4 members (excludes halogenated alkanes) is 1. The molecule has 0 aliphatic heterocycles. The molecule has 0 aromatic heterocycles. The van der Waals surface area contributed by atoms with Crippen molar-refractivity contribution in [1.29, 1.82) is 0 Å². The van der Waals surface area contributed by atoms with Crippen LogP contribution in [0.3, 0.4) is 0 Å². The first-order valence-corrected chi connectivity index (χ1v) is 6.05. The van der Waals surface area contributed by atoms with Gasteiger partial charge in [-0.15, -0.1) is 0 Å². The Morgan fingerprint density at radius 3 is 2.00 bits per heavy atom. The fraction of sp³-hybridized carbons (Fsp3) is 1.00. The number of alkyl halides is 2. The molecule has 2 heteroatoms. The van der Waals surface area contributed by atoms with E-state index in [-0.39, 0.29) is 0 Å². The molecule has 0 amide bonds. The summed E-state index contributed by atoms with van der Waals surface area (Å²) in [5.41, 5.74) is 0.468. The van der Waals surface area contributed by atoms with Crippen LogP contribution in [0.15, 0.2) is 0 Å². The fourth-order valence-electron chi connectivity index (χ4n) is 0.773. The Balaban J connectivity index is 3.58. The molecule has 0 unspecified atom stereocenters. The van der Waals surface area contributed by atoms with Crippen molar-refractivity contribution in [3.05, 3.63) is 0 Å². The second-order valence-electron chi connectivity index (χ2n) is 3.18. The van der Waals surface area contributed by atoms with E-state index in [2.05, 4.69) is 45.7 Å². The summed E-state index contributed by atoms with van der Waals surface area (Å²) < 4.78 is 0. The highest BCUT2D eigenvalue weighted by Crippen LogP contribution is 2.28. The molecule has 10 heavy (non-hydrogen) atoms. The minimum Gasteiger partial charge on any atom is -0.0922 e. The predicted octanol–water partition coefficient (Wildman–Crippen LogP) is 3.97. The lowest BCUT2D eigenvalue weighted by Crippen LogP contribution is -2.19. The second-order valence-corrected chi connectivity index (χ2v) is 4.30. The minimum atomic E-state index is 0.468. The highest BCUT2D eigenvalue weighted by molar-refractivity contribution is 9.09. The summed E-state index contributed by atoms with van der Waals surface area (Å²) in [5, 5.41) is 2.20. The van der Waals surface area contributed by atoms with E-state index in [1.54, 1.807) is 0 Å². The van der Waals surface area contributed by atoms with Crippen molar-refractivity contribution in [3.63, 3.8) is 0 Å². The van der Waals surface area contributed by atoms with E-state index in [9.17, 15) is 0 Å². The Bertz CT molecular complexity index is 77.3. The first-order valence-electron chi connectivity index (χ1n) is 3.80. The van der Waals surface area contributed by atoms with Crippen LogP contribution in [-0.2, 0) is 0 Å². The van der Waals surface area contributed by atoms with Crippen LogP contribution in [0, 0.1) is 5.41 Å². The maximum atomic E-state index is 3.53. The molecule has 0 bridgehead atoms. The second kappa shape index (κ2) is 5.59. The normalized spacial score (nSPS) is 12.0. The van der Waals surface area contributed by atoms with Crippen molar-refractivity contribution in [2.45, 2.75) is 33.1 Å². The number of rotatable bonds is 5. The van der Waals surface area contributed by atoms with Gasteiger partial charge < -0.3 is 0 Å². The molecular weight excluding hydrogens is 256 g/mol. The van der Waals surface area contributed by atoms with E-state index in [0.29, 0.717) is 5.41 Å². The van der Waals surface area contributed by atoms with Crippen LogP contribution in [-0.4, -0.2) is 10.7 Å². The molecule has 62 valence electrons. The van der Waals surface area contributed by atoms with Gasteiger partial charge in [0.2, 0.25) is 0 Å². The van der Waals surface area contributed by atoms with Crippen molar-refractivity contribution >= 4 is 31.9 Å². The van der Waals surface area contributed by atoms with Gasteiger partial charge in [0.25, 0.3) is 0 Å². The first kappa shape index (κ1) is 11.0. The van der Waals surface area contributed by atoms with Crippen LogP contribution < -0.4 is 0 Å². The molecule has 0 saturated heterocycles. The molecule has 0 aromatic carbocycles. The van der Waals surface area contributed by atoms with E-state index in [4.69, 9.17) is 0 Å². The van der Waals surface area contributed by atoms with Crippen molar-refractivity contribution in [2.75, 3.05) is 10.7 Å². The Labute approximate surface area is 81.0 Å². The molecule has 0 rings (SSSR count). The quantitative estimate of drug-likeness (QED) is 0.664. The monoisotopic (exact) mass is 270 g/mol. The summed E-state index contributed by atoms with van der Waals surface area (Å²) in [7, 11) is 0. The summed E-state index contributed by atoms with van der Waals surface area (Å²) in [6.07, 6.45) is 3.96. The van der Waals surface area contributed by atoms with Crippen LogP contribution in [0.4, 0.5) is 0 Å². The van der Waals surface area contributed by atoms with Crippen LogP contribution in [0.25, 0.3) is 0 Å². The lowest BCUT2D eigenvalue weighted by atomic mass is 9.90. The molecule has 0 N–H and O–H groups in total. The summed E-state index contributed by atoms with van der Waals surface area (Å²) in [5.74, 6) is 0. The Morgan fingerprint density at radius 1 is 1.20 bits per heavy atom. The van der Waals surface area contributed by atoms with Crippen molar-refractivity contribution in [1.82, 2.24) is 0 Å². The molecule has 0 aromatic rings. The smallest absolute Gasteiger partial charge is 0.00933 e. The van der Waals surface area contributed by atoms with Gasteiger partial charge in [-0.2, -0.15) is 0 Å². The van der Waals surface area contributed by atoms with E-state index >= 15 is 0 Å². The molecule has 0 aliphatic rings. The standard InChI is InChI=1S/C8H16Br2/c1-3-4-5-8(2,6-9)7-10/h3-7H2,1-2H3. The van der Waals surface area contributed by atoms with Crippen molar-refractivity contribution in [2.24, 2.45) is 5.41 Å². The van der Waals surface area contributed by atoms with Gasteiger partial charge >= 0.3 is 0 Å². The number of halogens is 2. The van der Waals surface area contributed by atoms with Crippen LogP contribution >= 0.6 is 31.9 Å². The molecule has 0 radical (unpaired) electrons. The zero-order valence-corrected chi connectivity index (χ0v) is 9.96. The molecular formula is C8H16Br2. The maximum Gasteiger partial charge on any atom is 0.00933 e. The van der Waals surface area contributed by atoms with Crippen LogP contribution in [0.2, 0.25) is 0 Å². The van der Waals surface area contributed by atoms with Crippen LogP contribution in [0.1, 0.15) is 33.1 Å². The van der Waals surface area contributed by atoms with Gasteiger partial charge in [-0.25, -0.2) is 0 Å². The fourth-order valence-corrected chi connectivity index (χ4v) is 2.26. The van der Waals surface area contributed by atoms with Crippen LogP contribution in [0.5, 0.6) is 0 Å².